The number of nitrogens with one attached hydrogen (secondary N) is 1. The van der Waals surface area contributed by atoms with Crippen molar-refractivity contribution in [2.75, 3.05) is 5.32 Å². The molecule has 22 heavy (non-hydrogen) atoms. The molecule has 1 N–H and O–H groups in total. The number of halogens is 6. The van der Waals surface area contributed by atoms with Crippen LogP contribution < -0.4 is 5.32 Å². The van der Waals surface area contributed by atoms with Crippen molar-refractivity contribution in [3.63, 3.8) is 0 Å². The van der Waals surface area contributed by atoms with E-state index in [9.17, 15) is 26.7 Å². The second kappa shape index (κ2) is 6.30. The Morgan fingerprint density at radius 2 is 1.64 bits per heavy atom. The van der Waals surface area contributed by atoms with Gasteiger partial charge in [0.15, 0.2) is 23.3 Å². The van der Waals surface area contributed by atoms with Gasteiger partial charge in [-0.1, -0.05) is 11.6 Å². The smallest absolute Gasteiger partial charge is 0.226 e. The van der Waals surface area contributed by atoms with E-state index < -0.39 is 40.7 Å². The van der Waals surface area contributed by atoms with Gasteiger partial charge in [-0.05, 0) is 0 Å². The van der Waals surface area contributed by atoms with Crippen molar-refractivity contribution in [2.45, 2.75) is 13.0 Å². The third-order valence-electron chi connectivity index (χ3n) is 2.64. The SMILES string of the molecule is O=C(CCn1cc(Cl)cn1)Nc1c(F)c(F)c(F)c(F)c1F. The van der Waals surface area contributed by atoms with Crippen molar-refractivity contribution in [1.82, 2.24) is 9.78 Å². The van der Waals surface area contributed by atoms with E-state index in [-0.39, 0.29) is 13.0 Å². The zero-order chi connectivity index (χ0) is 16.4. The Balaban J connectivity index is 2.12. The number of benzene rings is 1. The Morgan fingerprint density at radius 3 is 2.14 bits per heavy atom. The lowest BCUT2D eigenvalue weighted by Crippen LogP contribution is -2.18. The van der Waals surface area contributed by atoms with Gasteiger partial charge in [0.2, 0.25) is 11.7 Å². The van der Waals surface area contributed by atoms with Crippen molar-refractivity contribution in [2.24, 2.45) is 0 Å². The number of amides is 1. The molecule has 2 rings (SSSR count). The molecule has 0 aliphatic carbocycles. The van der Waals surface area contributed by atoms with Gasteiger partial charge in [0.25, 0.3) is 0 Å². The maximum Gasteiger partial charge on any atom is 0.226 e. The molecular formula is C12H7ClF5N3O. The Hall–Kier alpha value is -2.16. The number of carbonyl (C=O) groups excluding carboxylic acids is 1. The molecular weight excluding hydrogens is 333 g/mol. The number of anilines is 1. The highest BCUT2D eigenvalue weighted by molar-refractivity contribution is 6.30. The topological polar surface area (TPSA) is 46.9 Å². The highest BCUT2D eigenvalue weighted by Crippen LogP contribution is 2.27. The number of nitrogens with zero attached hydrogens (tertiary/aromatic N) is 2. The third kappa shape index (κ3) is 3.19. The highest BCUT2D eigenvalue weighted by atomic mass is 35.5. The first-order valence-electron chi connectivity index (χ1n) is 5.80. The van der Waals surface area contributed by atoms with Gasteiger partial charge in [0, 0.05) is 19.2 Å². The van der Waals surface area contributed by atoms with Crippen LogP contribution in [0.1, 0.15) is 6.42 Å². The number of carbonyl (C=O) groups is 1. The first-order valence-corrected chi connectivity index (χ1v) is 6.18. The second-order valence-electron chi connectivity index (χ2n) is 4.16. The van der Waals surface area contributed by atoms with Crippen LogP contribution in [0.3, 0.4) is 0 Å². The molecule has 0 aliphatic rings. The van der Waals surface area contributed by atoms with Crippen LogP contribution in [0, 0.1) is 29.1 Å². The first kappa shape index (κ1) is 16.2. The molecule has 1 aromatic heterocycles. The summed E-state index contributed by atoms with van der Waals surface area (Å²) < 4.78 is 66.8. The maximum atomic E-state index is 13.4. The van der Waals surface area contributed by atoms with E-state index in [1.807, 2.05) is 0 Å². The largest absolute Gasteiger partial charge is 0.321 e. The van der Waals surface area contributed by atoms with Gasteiger partial charge in [-0.2, -0.15) is 5.10 Å². The fourth-order valence-corrected chi connectivity index (χ4v) is 1.75. The summed E-state index contributed by atoms with van der Waals surface area (Å²) in [6, 6.07) is 0. The molecule has 0 aliphatic heterocycles. The summed E-state index contributed by atoms with van der Waals surface area (Å²) in [4.78, 5) is 11.5. The lowest BCUT2D eigenvalue weighted by atomic mass is 10.2. The predicted octanol–water partition coefficient (Wildman–Crippen LogP) is 3.26. The molecule has 0 atom stereocenters. The molecule has 2 aromatic rings. The number of hydrogen-bond donors (Lipinski definition) is 1. The van der Waals surface area contributed by atoms with Crippen molar-refractivity contribution >= 4 is 23.2 Å². The Morgan fingerprint density at radius 1 is 1.09 bits per heavy atom. The fraction of sp³-hybridized carbons (Fsp3) is 0.167. The van der Waals surface area contributed by atoms with Crippen molar-refractivity contribution in [3.05, 3.63) is 46.5 Å². The Labute approximate surface area is 125 Å². The van der Waals surface area contributed by atoms with E-state index in [1.54, 1.807) is 5.32 Å². The van der Waals surface area contributed by atoms with Crippen molar-refractivity contribution < 1.29 is 26.7 Å². The minimum Gasteiger partial charge on any atom is -0.321 e. The van der Waals surface area contributed by atoms with Crippen LogP contribution in [0.5, 0.6) is 0 Å². The molecule has 1 heterocycles. The summed E-state index contributed by atoms with van der Waals surface area (Å²) in [5, 5.41) is 5.73. The number of aryl methyl sites for hydroxylation is 1. The fourth-order valence-electron chi connectivity index (χ4n) is 1.59. The lowest BCUT2D eigenvalue weighted by Gasteiger charge is -2.09. The zero-order valence-corrected chi connectivity index (χ0v) is 11.4. The average molecular weight is 340 g/mol. The quantitative estimate of drug-likeness (QED) is 0.528. The Kier molecular flexibility index (Phi) is 4.65. The van der Waals surface area contributed by atoms with Gasteiger partial charge in [-0.25, -0.2) is 22.0 Å². The van der Waals surface area contributed by atoms with Gasteiger partial charge >= 0.3 is 0 Å². The van der Waals surface area contributed by atoms with Crippen LogP contribution in [-0.4, -0.2) is 15.7 Å². The second-order valence-corrected chi connectivity index (χ2v) is 4.60. The molecule has 0 saturated heterocycles. The van der Waals surface area contributed by atoms with Crippen LogP contribution in [-0.2, 0) is 11.3 Å². The number of hydrogen-bond acceptors (Lipinski definition) is 2. The molecule has 0 bridgehead atoms. The predicted molar refractivity (Wildman–Crippen MR) is 66.7 cm³/mol. The van der Waals surface area contributed by atoms with Crippen LogP contribution in [0.4, 0.5) is 27.6 Å². The monoisotopic (exact) mass is 339 g/mol. The Bertz CT molecular complexity index is 705. The summed E-state index contributed by atoms with van der Waals surface area (Å²) in [6.45, 7) is 0.00789. The van der Waals surface area contributed by atoms with Crippen molar-refractivity contribution in [1.29, 1.82) is 0 Å². The maximum absolute atomic E-state index is 13.4. The molecule has 118 valence electrons. The summed E-state index contributed by atoms with van der Waals surface area (Å²) in [6.07, 6.45) is 2.40. The van der Waals surface area contributed by atoms with Gasteiger partial charge < -0.3 is 5.32 Å². The zero-order valence-electron chi connectivity index (χ0n) is 10.6. The van der Waals surface area contributed by atoms with E-state index in [0.717, 1.165) is 0 Å². The van der Waals surface area contributed by atoms with Gasteiger partial charge in [0.05, 0.1) is 11.2 Å². The van der Waals surface area contributed by atoms with E-state index in [4.69, 9.17) is 11.6 Å². The molecule has 0 radical (unpaired) electrons. The van der Waals surface area contributed by atoms with E-state index in [1.165, 1.54) is 17.1 Å². The lowest BCUT2D eigenvalue weighted by molar-refractivity contribution is -0.116. The molecule has 1 aromatic carbocycles. The molecule has 0 spiro atoms. The standard InChI is InChI=1S/C12H7ClF5N3O/c13-5-3-19-21(4-5)2-1-6(22)20-12-10(17)8(15)7(14)9(16)11(12)18/h3-4H,1-2H2,(H,20,22). The third-order valence-corrected chi connectivity index (χ3v) is 2.84. The molecule has 10 heteroatoms. The molecule has 0 fully saturated rings. The van der Waals surface area contributed by atoms with E-state index in [2.05, 4.69) is 5.10 Å². The van der Waals surface area contributed by atoms with E-state index in [0.29, 0.717) is 5.02 Å². The van der Waals surface area contributed by atoms with Crippen LogP contribution in [0.25, 0.3) is 0 Å². The minimum atomic E-state index is -2.29. The molecule has 1 amide bonds. The van der Waals surface area contributed by atoms with E-state index >= 15 is 0 Å². The summed E-state index contributed by atoms with van der Waals surface area (Å²) in [7, 11) is 0. The number of aromatic nitrogens is 2. The summed E-state index contributed by atoms with van der Waals surface area (Å²) in [5.74, 6) is -11.7. The summed E-state index contributed by atoms with van der Waals surface area (Å²) in [5.41, 5.74) is -1.39. The van der Waals surface area contributed by atoms with Gasteiger partial charge in [-0.3, -0.25) is 9.48 Å². The minimum absolute atomic E-state index is 0.00789. The summed E-state index contributed by atoms with van der Waals surface area (Å²) >= 11 is 5.59. The molecule has 0 saturated carbocycles. The average Bonchev–Trinajstić information content (AvgIpc) is 2.91. The van der Waals surface area contributed by atoms with Crippen LogP contribution in [0.15, 0.2) is 12.4 Å². The van der Waals surface area contributed by atoms with Crippen LogP contribution in [0.2, 0.25) is 5.02 Å². The van der Waals surface area contributed by atoms with Gasteiger partial charge in [-0.15, -0.1) is 0 Å². The number of rotatable bonds is 4. The highest BCUT2D eigenvalue weighted by Gasteiger charge is 2.26. The van der Waals surface area contributed by atoms with Crippen molar-refractivity contribution in [3.8, 4) is 0 Å². The van der Waals surface area contributed by atoms with Crippen LogP contribution >= 0.6 is 11.6 Å². The molecule has 0 unspecified atom stereocenters. The first-order chi connectivity index (χ1) is 10.3. The van der Waals surface area contributed by atoms with Gasteiger partial charge in [0.1, 0.15) is 5.69 Å². The molecule has 4 nitrogen and oxygen atoms in total. The normalized spacial score (nSPS) is 10.8.